The van der Waals surface area contributed by atoms with Crippen LogP contribution < -0.4 is 5.32 Å². The molecule has 0 aromatic heterocycles. The SMILES string of the molecule is COC(=O)[C@](C)(NC(=O)Cc1c(C)cc(C)cc1C)C1CC1. The van der Waals surface area contributed by atoms with Gasteiger partial charge in [0, 0.05) is 0 Å². The molecule has 0 heterocycles. The maximum atomic E-state index is 12.5. The van der Waals surface area contributed by atoms with Gasteiger partial charge in [-0.1, -0.05) is 17.7 Å². The average molecular weight is 303 g/mol. The predicted octanol–water partition coefficient (Wildman–Crippen LogP) is 2.61. The molecule has 1 aromatic rings. The average Bonchev–Trinajstić information content (AvgIpc) is 3.26. The Kier molecular flexibility index (Phi) is 4.59. The summed E-state index contributed by atoms with van der Waals surface area (Å²) >= 11 is 0. The molecule has 0 aliphatic heterocycles. The van der Waals surface area contributed by atoms with Gasteiger partial charge < -0.3 is 10.1 Å². The maximum absolute atomic E-state index is 12.5. The summed E-state index contributed by atoms with van der Waals surface area (Å²) in [6.45, 7) is 7.85. The highest BCUT2D eigenvalue weighted by Crippen LogP contribution is 2.40. The van der Waals surface area contributed by atoms with Gasteiger partial charge in [0.05, 0.1) is 13.5 Å². The highest BCUT2D eigenvalue weighted by Gasteiger charge is 2.49. The third-order valence-corrected chi connectivity index (χ3v) is 4.58. The Balaban J connectivity index is 2.14. The zero-order chi connectivity index (χ0) is 16.5. The first-order valence-electron chi connectivity index (χ1n) is 7.74. The molecule has 0 radical (unpaired) electrons. The third-order valence-electron chi connectivity index (χ3n) is 4.58. The third kappa shape index (κ3) is 3.32. The molecule has 0 unspecified atom stereocenters. The molecule has 4 heteroatoms. The number of carbonyl (C=O) groups excluding carboxylic acids is 2. The van der Waals surface area contributed by atoms with Crippen LogP contribution in [0.5, 0.6) is 0 Å². The highest BCUT2D eigenvalue weighted by molar-refractivity contribution is 5.89. The Morgan fingerprint density at radius 1 is 1.23 bits per heavy atom. The van der Waals surface area contributed by atoms with Crippen LogP contribution in [0, 0.1) is 26.7 Å². The molecule has 22 heavy (non-hydrogen) atoms. The number of carbonyl (C=O) groups is 2. The van der Waals surface area contributed by atoms with Crippen molar-refractivity contribution in [3.63, 3.8) is 0 Å². The van der Waals surface area contributed by atoms with Crippen molar-refractivity contribution in [2.45, 2.75) is 52.5 Å². The summed E-state index contributed by atoms with van der Waals surface area (Å²) in [4.78, 5) is 24.5. The molecule has 1 fully saturated rings. The van der Waals surface area contributed by atoms with E-state index < -0.39 is 5.54 Å². The smallest absolute Gasteiger partial charge is 0.331 e. The number of ether oxygens (including phenoxy) is 1. The van der Waals surface area contributed by atoms with Crippen molar-refractivity contribution in [1.29, 1.82) is 0 Å². The Hall–Kier alpha value is -1.84. The van der Waals surface area contributed by atoms with E-state index in [1.54, 1.807) is 6.92 Å². The normalized spacial score (nSPS) is 16.8. The van der Waals surface area contributed by atoms with Crippen molar-refractivity contribution in [1.82, 2.24) is 5.32 Å². The molecule has 0 spiro atoms. The van der Waals surface area contributed by atoms with Gasteiger partial charge in [0.1, 0.15) is 5.54 Å². The summed E-state index contributed by atoms with van der Waals surface area (Å²) in [7, 11) is 1.36. The summed E-state index contributed by atoms with van der Waals surface area (Å²) in [5.41, 5.74) is 3.54. The van der Waals surface area contributed by atoms with Gasteiger partial charge in [-0.2, -0.15) is 0 Å². The highest BCUT2D eigenvalue weighted by atomic mass is 16.5. The molecule has 2 rings (SSSR count). The van der Waals surface area contributed by atoms with E-state index in [1.807, 2.05) is 20.8 Å². The van der Waals surface area contributed by atoms with E-state index in [-0.39, 0.29) is 24.2 Å². The lowest BCUT2D eigenvalue weighted by molar-refractivity contribution is -0.151. The molecule has 1 aromatic carbocycles. The minimum absolute atomic E-state index is 0.130. The number of esters is 1. The standard InChI is InChI=1S/C18H25NO3/c1-11-8-12(2)15(13(3)9-11)10-16(20)19-18(4,14-6-7-14)17(21)22-5/h8-9,14H,6-7,10H2,1-5H3,(H,19,20)/t18-/m1/s1. The Morgan fingerprint density at radius 3 is 2.23 bits per heavy atom. The van der Waals surface area contributed by atoms with Crippen LogP contribution in [0.1, 0.15) is 42.0 Å². The zero-order valence-electron chi connectivity index (χ0n) is 14.1. The molecule has 0 bridgehead atoms. The molecule has 120 valence electrons. The number of nitrogens with one attached hydrogen (secondary N) is 1. The zero-order valence-corrected chi connectivity index (χ0v) is 14.1. The second-order valence-electron chi connectivity index (χ2n) is 6.57. The molecule has 1 amide bonds. The minimum Gasteiger partial charge on any atom is -0.467 e. The molecule has 1 aliphatic rings. The molecule has 1 atom stereocenters. The van der Waals surface area contributed by atoms with E-state index in [9.17, 15) is 9.59 Å². The van der Waals surface area contributed by atoms with Crippen molar-refractivity contribution in [3.8, 4) is 0 Å². The fourth-order valence-electron chi connectivity index (χ4n) is 3.18. The van der Waals surface area contributed by atoms with E-state index in [0.29, 0.717) is 0 Å². The lowest BCUT2D eigenvalue weighted by Gasteiger charge is -2.28. The number of benzene rings is 1. The van der Waals surface area contributed by atoms with Crippen molar-refractivity contribution in [2.75, 3.05) is 7.11 Å². The largest absolute Gasteiger partial charge is 0.467 e. The van der Waals surface area contributed by atoms with Gasteiger partial charge in [0.25, 0.3) is 0 Å². The number of aryl methyl sites for hydroxylation is 3. The van der Waals surface area contributed by atoms with Gasteiger partial charge in [-0.3, -0.25) is 4.79 Å². The van der Waals surface area contributed by atoms with Crippen LogP contribution in [0.4, 0.5) is 0 Å². The lowest BCUT2D eigenvalue weighted by atomic mass is 9.93. The quantitative estimate of drug-likeness (QED) is 0.851. The van der Waals surface area contributed by atoms with Gasteiger partial charge >= 0.3 is 5.97 Å². The van der Waals surface area contributed by atoms with Crippen molar-refractivity contribution in [3.05, 3.63) is 34.4 Å². The molecule has 1 N–H and O–H groups in total. The van der Waals surface area contributed by atoms with Crippen molar-refractivity contribution < 1.29 is 14.3 Å². The topological polar surface area (TPSA) is 55.4 Å². The predicted molar refractivity (Wildman–Crippen MR) is 85.6 cm³/mol. The molecule has 4 nitrogen and oxygen atoms in total. The monoisotopic (exact) mass is 303 g/mol. The van der Waals surface area contributed by atoms with Crippen LogP contribution in [-0.2, 0) is 20.7 Å². The summed E-state index contributed by atoms with van der Waals surface area (Å²) < 4.78 is 4.88. The van der Waals surface area contributed by atoms with Crippen LogP contribution in [0.15, 0.2) is 12.1 Å². The van der Waals surface area contributed by atoms with E-state index in [4.69, 9.17) is 4.74 Å². The molecular formula is C18H25NO3. The molecule has 0 saturated heterocycles. The summed E-state index contributed by atoms with van der Waals surface area (Å²) in [5, 5.41) is 2.91. The van der Waals surface area contributed by atoms with Gasteiger partial charge in [0.2, 0.25) is 5.91 Å². The second kappa shape index (κ2) is 6.11. The van der Waals surface area contributed by atoms with E-state index in [0.717, 1.165) is 29.5 Å². The van der Waals surface area contributed by atoms with E-state index in [1.165, 1.54) is 12.7 Å². The molecular weight excluding hydrogens is 278 g/mol. The fraction of sp³-hybridized carbons (Fsp3) is 0.556. The minimum atomic E-state index is -0.904. The number of methoxy groups -OCH3 is 1. The van der Waals surface area contributed by atoms with E-state index >= 15 is 0 Å². The van der Waals surface area contributed by atoms with Crippen molar-refractivity contribution >= 4 is 11.9 Å². The van der Waals surface area contributed by atoms with Crippen LogP contribution in [0.25, 0.3) is 0 Å². The summed E-state index contributed by atoms with van der Waals surface area (Å²) in [6, 6.07) is 4.16. The molecule has 1 aliphatic carbocycles. The first-order chi connectivity index (χ1) is 10.3. The number of amides is 1. The first kappa shape index (κ1) is 16.5. The van der Waals surface area contributed by atoms with E-state index in [2.05, 4.69) is 17.4 Å². The Bertz CT molecular complexity index is 581. The Morgan fingerprint density at radius 2 is 1.77 bits per heavy atom. The first-order valence-corrected chi connectivity index (χ1v) is 7.74. The van der Waals surface area contributed by atoms with Gasteiger partial charge in [0.15, 0.2) is 0 Å². The second-order valence-corrected chi connectivity index (χ2v) is 6.57. The summed E-state index contributed by atoms with van der Waals surface area (Å²) in [6.07, 6.45) is 2.19. The van der Waals surface area contributed by atoms with Gasteiger partial charge in [-0.05, 0) is 63.1 Å². The van der Waals surface area contributed by atoms with Crippen molar-refractivity contribution in [2.24, 2.45) is 5.92 Å². The van der Waals surface area contributed by atoms with Gasteiger partial charge in [-0.15, -0.1) is 0 Å². The Labute approximate surface area is 132 Å². The van der Waals surface area contributed by atoms with Crippen LogP contribution in [-0.4, -0.2) is 24.5 Å². The molecule has 1 saturated carbocycles. The number of rotatable bonds is 5. The van der Waals surface area contributed by atoms with Crippen LogP contribution in [0.2, 0.25) is 0 Å². The van der Waals surface area contributed by atoms with Crippen LogP contribution in [0.3, 0.4) is 0 Å². The number of hydrogen-bond donors (Lipinski definition) is 1. The number of hydrogen-bond acceptors (Lipinski definition) is 3. The maximum Gasteiger partial charge on any atom is 0.331 e. The van der Waals surface area contributed by atoms with Crippen LogP contribution >= 0.6 is 0 Å². The lowest BCUT2D eigenvalue weighted by Crippen LogP contribution is -2.55. The van der Waals surface area contributed by atoms with Gasteiger partial charge in [-0.25, -0.2) is 4.79 Å². The summed E-state index contributed by atoms with van der Waals surface area (Å²) in [5.74, 6) is -0.306. The fourth-order valence-corrected chi connectivity index (χ4v) is 3.18.